The van der Waals surface area contributed by atoms with Crippen LogP contribution in [0.25, 0.3) is 6.08 Å². The van der Waals surface area contributed by atoms with Crippen LogP contribution in [0.1, 0.15) is 5.56 Å². The van der Waals surface area contributed by atoms with Gasteiger partial charge in [-0.15, -0.1) is 0 Å². The lowest BCUT2D eigenvalue weighted by molar-refractivity contribution is 0.265. The van der Waals surface area contributed by atoms with Crippen molar-refractivity contribution in [3.8, 4) is 0 Å². The summed E-state index contributed by atoms with van der Waals surface area (Å²) in [5.74, 6) is 0. The predicted molar refractivity (Wildman–Crippen MR) is 68.1 cm³/mol. The van der Waals surface area contributed by atoms with Crippen LogP contribution in [-0.2, 0) is 0 Å². The number of thiocarbonyl (C=S) groups is 1. The highest BCUT2D eigenvalue weighted by Gasteiger charge is 2.21. The first-order valence-corrected chi connectivity index (χ1v) is 5.76. The smallest absolute Gasteiger partial charge is 0.289 e. The van der Waals surface area contributed by atoms with Crippen LogP contribution in [0.3, 0.4) is 0 Å². The van der Waals surface area contributed by atoms with Gasteiger partial charge in [-0.1, -0.05) is 36.0 Å². The zero-order chi connectivity index (χ0) is 10.8. The highest BCUT2D eigenvalue weighted by atomic mass is 35.5. The standard InChI is InChI=1S/C10H6ClNOS2/c11-7-3-1-6(2-4-7)5-8-9(14)12-10(13)15-8/h1-5H,(H,12,13,14)/b8-5-. The van der Waals surface area contributed by atoms with Crippen molar-refractivity contribution in [3.63, 3.8) is 0 Å². The Morgan fingerprint density at radius 2 is 2.00 bits per heavy atom. The largest absolute Gasteiger partial charge is 0.307 e. The Kier molecular flexibility index (Phi) is 3.09. The highest BCUT2D eigenvalue weighted by molar-refractivity contribution is 8.19. The molecule has 1 aliphatic rings. The molecule has 1 saturated heterocycles. The number of halogens is 1. The molecule has 0 atom stereocenters. The molecule has 1 heterocycles. The Morgan fingerprint density at radius 3 is 2.53 bits per heavy atom. The fourth-order valence-electron chi connectivity index (χ4n) is 1.13. The Hall–Kier alpha value is -0.840. The molecule has 2 nitrogen and oxygen atoms in total. The van der Waals surface area contributed by atoms with E-state index in [4.69, 9.17) is 23.8 Å². The first kappa shape index (κ1) is 10.7. The molecule has 5 heteroatoms. The Labute approximate surface area is 102 Å². The molecule has 0 bridgehead atoms. The maximum atomic E-state index is 11.0. The van der Waals surface area contributed by atoms with E-state index in [1.807, 2.05) is 18.2 Å². The molecule has 0 unspecified atom stereocenters. The van der Waals surface area contributed by atoms with Crippen molar-refractivity contribution < 1.29 is 4.79 Å². The Bertz CT molecular complexity index is 453. The summed E-state index contributed by atoms with van der Waals surface area (Å²) in [6, 6.07) is 7.35. The second-order valence-electron chi connectivity index (χ2n) is 2.90. The van der Waals surface area contributed by atoms with Gasteiger partial charge in [-0.05, 0) is 35.5 Å². The summed E-state index contributed by atoms with van der Waals surface area (Å²) in [4.78, 5) is 12.3. The quantitative estimate of drug-likeness (QED) is 0.616. The number of hydrogen-bond acceptors (Lipinski definition) is 3. The number of carbonyl (C=O) groups excluding carboxylic acids is 1. The SMILES string of the molecule is O=C1NC(=S)/C(=C/c2ccc(Cl)cc2)S1. The molecule has 0 aliphatic carbocycles. The van der Waals surface area contributed by atoms with Crippen LogP contribution in [0.4, 0.5) is 4.79 Å². The summed E-state index contributed by atoms with van der Waals surface area (Å²) in [6.45, 7) is 0. The van der Waals surface area contributed by atoms with Gasteiger partial charge in [0.2, 0.25) is 0 Å². The summed E-state index contributed by atoms with van der Waals surface area (Å²) in [6.07, 6.45) is 1.86. The molecule has 15 heavy (non-hydrogen) atoms. The number of thioether (sulfide) groups is 1. The van der Waals surface area contributed by atoms with E-state index in [2.05, 4.69) is 5.32 Å². The molecular formula is C10H6ClNOS2. The van der Waals surface area contributed by atoms with Gasteiger partial charge in [-0.2, -0.15) is 0 Å². The molecular weight excluding hydrogens is 250 g/mol. The number of hydrogen-bond donors (Lipinski definition) is 1. The van der Waals surface area contributed by atoms with E-state index >= 15 is 0 Å². The van der Waals surface area contributed by atoms with Gasteiger partial charge in [0.05, 0.1) is 4.91 Å². The monoisotopic (exact) mass is 255 g/mol. The molecule has 1 aromatic rings. The minimum absolute atomic E-state index is 0.125. The molecule has 76 valence electrons. The van der Waals surface area contributed by atoms with Crippen LogP contribution < -0.4 is 5.32 Å². The summed E-state index contributed by atoms with van der Waals surface area (Å²) < 4.78 is 0. The average molecular weight is 256 g/mol. The minimum atomic E-state index is -0.125. The fraction of sp³-hybridized carbons (Fsp3) is 0. The summed E-state index contributed by atoms with van der Waals surface area (Å²) in [5.41, 5.74) is 0.973. The number of benzene rings is 1. The van der Waals surface area contributed by atoms with Crippen LogP contribution in [0.5, 0.6) is 0 Å². The van der Waals surface area contributed by atoms with E-state index in [1.165, 1.54) is 0 Å². The molecule has 0 spiro atoms. The zero-order valence-corrected chi connectivity index (χ0v) is 9.88. The summed E-state index contributed by atoms with van der Waals surface area (Å²) in [5, 5.41) is 3.12. The second kappa shape index (κ2) is 4.35. The lowest BCUT2D eigenvalue weighted by Crippen LogP contribution is -2.15. The van der Waals surface area contributed by atoms with Crippen LogP contribution in [0.15, 0.2) is 29.2 Å². The third-order valence-electron chi connectivity index (χ3n) is 1.81. The van der Waals surface area contributed by atoms with Gasteiger partial charge < -0.3 is 5.32 Å². The van der Waals surface area contributed by atoms with Crippen molar-refractivity contribution in [2.75, 3.05) is 0 Å². The van der Waals surface area contributed by atoms with Gasteiger partial charge in [0, 0.05) is 5.02 Å². The molecule has 0 radical (unpaired) electrons. The van der Waals surface area contributed by atoms with Gasteiger partial charge >= 0.3 is 0 Å². The molecule has 0 saturated carbocycles. The second-order valence-corrected chi connectivity index (χ2v) is 4.76. The van der Waals surface area contributed by atoms with Gasteiger partial charge in [-0.3, -0.25) is 4.79 Å². The topological polar surface area (TPSA) is 29.1 Å². The van der Waals surface area contributed by atoms with Crippen LogP contribution in [-0.4, -0.2) is 10.2 Å². The van der Waals surface area contributed by atoms with Crippen LogP contribution in [0.2, 0.25) is 5.02 Å². The van der Waals surface area contributed by atoms with Gasteiger partial charge in [0.25, 0.3) is 5.24 Å². The van der Waals surface area contributed by atoms with Crippen LogP contribution in [0, 0.1) is 0 Å². The molecule has 1 N–H and O–H groups in total. The summed E-state index contributed by atoms with van der Waals surface area (Å²) in [7, 11) is 0. The normalized spacial score (nSPS) is 18.3. The molecule has 1 aromatic carbocycles. The van der Waals surface area contributed by atoms with Crippen molar-refractivity contribution in [1.29, 1.82) is 0 Å². The molecule has 1 aliphatic heterocycles. The van der Waals surface area contributed by atoms with E-state index in [0.717, 1.165) is 22.2 Å². The van der Waals surface area contributed by atoms with E-state index in [0.29, 0.717) is 10.0 Å². The van der Waals surface area contributed by atoms with Crippen molar-refractivity contribution in [1.82, 2.24) is 5.32 Å². The van der Waals surface area contributed by atoms with E-state index in [9.17, 15) is 4.79 Å². The van der Waals surface area contributed by atoms with Crippen molar-refractivity contribution in [3.05, 3.63) is 39.8 Å². The average Bonchev–Trinajstić information content (AvgIpc) is 2.49. The lowest BCUT2D eigenvalue weighted by Gasteiger charge is -1.96. The number of rotatable bonds is 1. The predicted octanol–water partition coefficient (Wildman–Crippen LogP) is 3.46. The molecule has 2 rings (SSSR count). The number of carbonyl (C=O) groups is 1. The first-order valence-electron chi connectivity index (χ1n) is 4.15. The van der Waals surface area contributed by atoms with E-state index < -0.39 is 0 Å². The zero-order valence-electron chi connectivity index (χ0n) is 7.49. The van der Waals surface area contributed by atoms with Crippen molar-refractivity contribution in [2.45, 2.75) is 0 Å². The maximum Gasteiger partial charge on any atom is 0.289 e. The highest BCUT2D eigenvalue weighted by Crippen LogP contribution is 2.26. The fourth-order valence-corrected chi connectivity index (χ4v) is 2.29. The Morgan fingerprint density at radius 1 is 1.33 bits per heavy atom. The molecule has 1 amide bonds. The van der Waals surface area contributed by atoms with E-state index in [-0.39, 0.29) is 5.24 Å². The maximum absolute atomic E-state index is 11.0. The minimum Gasteiger partial charge on any atom is -0.307 e. The van der Waals surface area contributed by atoms with Crippen molar-refractivity contribution >= 4 is 51.9 Å². The molecule has 0 aromatic heterocycles. The van der Waals surface area contributed by atoms with Crippen molar-refractivity contribution in [2.24, 2.45) is 0 Å². The van der Waals surface area contributed by atoms with Gasteiger partial charge in [-0.25, -0.2) is 0 Å². The van der Waals surface area contributed by atoms with Crippen LogP contribution >= 0.6 is 35.6 Å². The van der Waals surface area contributed by atoms with Gasteiger partial charge in [0.15, 0.2) is 0 Å². The number of amides is 1. The third-order valence-corrected chi connectivity index (χ3v) is 3.34. The number of nitrogens with one attached hydrogen (secondary N) is 1. The lowest BCUT2D eigenvalue weighted by atomic mass is 10.2. The molecule has 1 fully saturated rings. The van der Waals surface area contributed by atoms with E-state index in [1.54, 1.807) is 12.1 Å². The summed E-state index contributed by atoms with van der Waals surface area (Å²) >= 11 is 11.9. The Balaban J connectivity index is 2.27. The third kappa shape index (κ3) is 2.59. The first-order chi connectivity index (χ1) is 7.15. The van der Waals surface area contributed by atoms with Gasteiger partial charge in [0.1, 0.15) is 4.99 Å².